The number of alkyl halides is 6. The molecule has 2 fully saturated rings. The van der Waals surface area contributed by atoms with E-state index in [1.807, 2.05) is 12.1 Å². The molecular formula is C23H28F6N2O6S. The SMILES string of the molecule is CN(Cc1ccco1)C[C@H]1OC[C@@H]2CCN(Cc3ccsc3)C[C@@H]21.O=C(O)C(F)(F)F.O=C(O)C(F)(F)F. The summed E-state index contributed by atoms with van der Waals surface area (Å²) in [6, 6.07) is 6.24. The molecule has 38 heavy (non-hydrogen) atoms. The molecule has 2 saturated heterocycles. The predicted octanol–water partition coefficient (Wildman–Crippen LogP) is 4.58. The van der Waals surface area contributed by atoms with Crippen LogP contribution in [-0.2, 0) is 27.4 Å². The number of ether oxygens (including phenoxy) is 1. The van der Waals surface area contributed by atoms with Crippen molar-refractivity contribution >= 4 is 23.3 Å². The third kappa shape index (κ3) is 10.6. The van der Waals surface area contributed by atoms with Crippen molar-refractivity contribution in [2.45, 2.75) is 38.0 Å². The smallest absolute Gasteiger partial charge is 0.475 e. The minimum Gasteiger partial charge on any atom is -0.475 e. The van der Waals surface area contributed by atoms with Crippen LogP contribution in [0.25, 0.3) is 0 Å². The number of piperidine rings is 1. The lowest BCUT2D eigenvalue weighted by molar-refractivity contribution is -0.193. The summed E-state index contributed by atoms with van der Waals surface area (Å²) in [7, 11) is 2.16. The summed E-state index contributed by atoms with van der Waals surface area (Å²) in [5, 5.41) is 18.7. The number of rotatable bonds is 6. The molecule has 0 radical (unpaired) electrons. The van der Waals surface area contributed by atoms with Gasteiger partial charge in [-0.25, -0.2) is 9.59 Å². The van der Waals surface area contributed by atoms with Gasteiger partial charge in [0.15, 0.2) is 0 Å². The van der Waals surface area contributed by atoms with Gasteiger partial charge >= 0.3 is 24.3 Å². The van der Waals surface area contributed by atoms with E-state index in [4.69, 9.17) is 29.0 Å². The first-order valence-corrected chi connectivity index (χ1v) is 12.3. The highest BCUT2D eigenvalue weighted by atomic mass is 32.1. The van der Waals surface area contributed by atoms with E-state index < -0.39 is 24.3 Å². The molecule has 214 valence electrons. The molecule has 2 aromatic heterocycles. The number of nitrogens with zero attached hydrogens (tertiary/aromatic N) is 2. The first kappa shape index (κ1) is 31.6. The molecule has 0 unspecified atom stereocenters. The Hall–Kier alpha value is -2.62. The number of likely N-dealkylation sites (tertiary alicyclic amines) is 1. The third-order valence-corrected chi connectivity index (χ3v) is 6.59. The Bertz CT molecular complexity index is 960. The maximum absolute atomic E-state index is 10.6. The maximum atomic E-state index is 10.6. The predicted molar refractivity (Wildman–Crippen MR) is 123 cm³/mol. The zero-order chi connectivity index (χ0) is 28.5. The van der Waals surface area contributed by atoms with Crippen LogP contribution in [0.1, 0.15) is 17.7 Å². The van der Waals surface area contributed by atoms with Crippen LogP contribution in [0, 0.1) is 11.8 Å². The summed E-state index contributed by atoms with van der Waals surface area (Å²) in [6.07, 6.45) is -6.80. The number of carbonyl (C=O) groups is 2. The number of furan rings is 1. The normalized spacial score (nSPS) is 21.6. The number of halogens is 6. The zero-order valence-corrected chi connectivity index (χ0v) is 21.1. The fourth-order valence-electron chi connectivity index (χ4n) is 4.11. The highest BCUT2D eigenvalue weighted by Crippen LogP contribution is 2.35. The molecule has 3 atom stereocenters. The molecule has 4 rings (SSSR count). The second kappa shape index (κ2) is 14.0. The Labute approximate surface area is 218 Å². The van der Waals surface area contributed by atoms with Crippen LogP contribution in [0.3, 0.4) is 0 Å². The van der Waals surface area contributed by atoms with E-state index in [-0.39, 0.29) is 0 Å². The van der Waals surface area contributed by atoms with Gasteiger partial charge in [0, 0.05) is 25.6 Å². The van der Waals surface area contributed by atoms with E-state index in [1.165, 1.54) is 25.1 Å². The van der Waals surface area contributed by atoms with Crippen molar-refractivity contribution in [2.75, 3.05) is 33.3 Å². The van der Waals surface area contributed by atoms with Crippen molar-refractivity contribution in [2.24, 2.45) is 11.8 Å². The van der Waals surface area contributed by atoms with Gasteiger partial charge in [0.2, 0.25) is 0 Å². The highest BCUT2D eigenvalue weighted by Gasteiger charge is 2.41. The Kier molecular flexibility index (Phi) is 11.6. The van der Waals surface area contributed by atoms with Gasteiger partial charge in [0.05, 0.1) is 25.5 Å². The van der Waals surface area contributed by atoms with Crippen LogP contribution in [0.4, 0.5) is 26.3 Å². The Balaban J connectivity index is 0.000000301. The summed E-state index contributed by atoms with van der Waals surface area (Å²) in [5.41, 5.74) is 1.45. The third-order valence-electron chi connectivity index (χ3n) is 5.86. The van der Waals surface area contributed by atoms with E-state index in [9.17, 15) is 26.3 Å². The van der Waals surface area contributed by atoms with Gasteiger partial charge < -0.3 is 19.4 Å². The lowest BCUT2D eigenvalue weighted by Gasteiger charge is -2.36. The molecule has 15 heteroatoms. The fourth-order valence-corrected chi connectivity index (χ4v) is 4.77. The quantitative estimate of drug-likeness (QED) is 0.484. The first-order valence-electron chi connectivity index (χ1n) is 11.3. The molecule has 0 aliphatic carbocycles. The van der Waals surface area contributed by atoms with Gasteiger partial charge in [-0.15, -0.1) is 0 Å². The van der Waals surface area contributed by atoms with Crippen LogP contribution < -0.4 is 0 Å². The van der Waals surface area contributed by atoms with Crippen molar-refractivity contribution < 1.29 is 55.3 Å². The van der Waals surface area contributed by atoms with Gasteiger partial charge in [-0.1, -0.05) is 0 Å². The van der Waals surface area contributed by atoms with E-state index in [2.05, 4.69) is 33.7 Å². The molecule has 8 nitrogen and oxygen atoms in total. The number of carboxylic acid groups (broad SMARTS) is 2. The van der Waals surface area contributed by atoms with Crippen molar-refractivity contribution in [1.29, 1.82) is 0 Å². The minimum absolute atomic E-state index is 0.347. The molecule has 4 heterocycles. The first-order chi connectivity index (χ1) is 17.7. The summed E-state index contributed by atoms with van der Waals surface area (Å²) in [5.74, 6) is -3.09. The molecule has 0 bridgehead atoms. The van der Waals surface area contributed by atoms with E-state index in [0.717, 1.165) is 37.9 Å². The Morgan fingerprint density at radius 3 is 2.26 bits per heavy atom. The number of fused-ring (bicyclic) bond motifs is 1. The highest BCUT2D eigenvalue weighted by molar-refractivity contribution is 7.07. The molecule has 0 aromatic carbocycles. The molecule has 2 aromatic rings. The number of thiophene rings is 1. The lowest BCUT2D eigenvalue weighted by atomic mass is 9.84. The number of likely N-dealkylation sites (N-methyl/N-ethyl adjacent to an activating group) is 1. The van der Waals surface area contributed by atoms with Crippen molar-refractivity contribution in [3.05, 3.63) is 46.5 Å². The Morgan fingerprint density at radius 2 is 1.76 bits per heavy atom. The maximum Gasteiger partial charge on any atom is 0.490 e. The minimum atomic E-state index is -5.08. The number of hydrogen-bond acceptors (Lipinski definition) is 7. The molecule has 0 spiro atoms. The second-order valence-corrected chi connectivity index (χ2v) is 9.61. The van der Waals surface area contributed by atoms with Gasteiger partial charge in [-0.05, 0) is 60.5 Å². The van der Waals surface area contributed by atoms with Gasteiger partial charge in [0.25, 0.3) is 0 Å². The monoisotopic (exact) mass is 574 g/mol. The number of carboxylic acids is 2. The number of aliphatic carboxylic acids is 2. The van der Waals surface area contributed by atoms with Crippen LogP contribution in [0.2, 0.25) is 0 Å². The van der Waals surface area contributed by atoms with Crippen LogP contribution >= 0.6 is 11.3 Å². The summed E-state index contributed by atoms with van der Waals surface area (Å²) >= 11 is 1.79. The van der Waals surface area contributed by atoms with E-state index in [1.54, 1.807) is 17.6 Å². The van der Waals surface area contributed by atoms with Gasteiger partial charge in [-0.3, -0.25) is 9.80 Å². The largest absolute Gasteiger partial charge is 0.490 e. The van der Waals surface area contributed by atoms with Crippen molar-refractivity contribution in [3.63, 3.8) is 0 Å². The van der Waals surface area contributed by atoms with E-state index in [0.29, 0.717) is 12.0 Å². The summed E-state index contributed by atoms with van der Waals surface area (Å²) in [4.78, 5) is 22.7. The summed E-state index contributed by atoms with van der Waals surface area (Å²) in [6.45, 7) is 6.23. The average molecular weight is 575 g/mol. The molecular weight excluding hydrogens is 546 g/mol. The molecule has 2 N–H and O–H groups in total. The molecule has 2 aliphatic heterocycles. The Morgan fingerprint density at radius 1 is 1.13 bits per heavy atom. The molecule has 0 saturated carbocycles. The standard InChI is InChI=1S/C19H26N2O2S.2C2HF3O2/c1-20(10-17-3-2-7-22-17)12-19-18-11-21(6-4-16(18)13-23-19)9-15-5-8-24-14-15;2*3-2(4,5)1(6)7/h2-3,5,7-8,14,16,18-19H,4,6,9-13H2,1H3;2*(H,6,7)/t16-,18-,19+;;/m0../s1. The van der Waals surface area contributed by atoms with Crippen LogP contribution in [0.15, 0.2) is 39.6 Å². The van der Waals surface area contributed by atoms with Gasteiger partial charge in [-0.2, -0.15) is 37.7 Å². The average Bonchev–Trinajstić information content (AvgIpc) is 3.57. The van der Waals surface area contributed by atoms with E-state index >= 15 is 0 Å². The summed E-state index contributed by atoms with van der Waals surface area (Å²) < 4.78 is 75.1. The zero-order valence-electron chi connectivity index (χ0n) is 20.2. The second-order valence-electron chi connectivity index (χ2n) is 8.83. The fraction of sp³-hybridized carbons (Fsp3) is 0.565. The van der Waals surface area contributed by atoms with Crippen molar-refractivity contribution in [3.8, 4) is 0 Å². The lowest BCUT2D eigenvalue weighted by Crippen LogP contribution is -2.44. The van der Waals surface area contributed by atoms with Crippen molar-refractivity contribution in [1.82, 2.24) is 9.80 Å². The van der Waals surface area contributed by atoms with Crippen LogP contribution in [-0.4, -0.2) is 83.7 Å². The topological polar surface area (TPSA) is 103 Å². The number of hydrogen-bond donors (Lipinski definition) is 2. The van der Waals surface area contributed by atoms with Crippen LogP contribution in [0.5, 0.6) is 0 Å². The molecule has 2 aliphatic rings. The molecule has 0 amide bonds. The van der Waals surface area contributed by atoms with Gasteiger partial charge in [0.1, 0.15) is 5.76 Å².